The van der Waals surface area contributed by atoms with Crippen molar-refractivity contribution in [2.75, 3.05) is 13.2 Å². The monoisotopic (exact) mass is 298 g/mol. The number of hydrogen-bond acceptors (Lipinski definition) is 4. The summed E-state index contributed by atoms with van der Waals surface area (Å²) in [5, 5.41) is 0.139. The van der Waals surface area contributed by atoms with Gasteiger partial charge in [0, 0.05) is 19.5 Å². The van der Waals surface area contributed by atoms with E-state index in [0.717, 1.165) is 0 Å². The third-order valence-electron chi connectivity index (χ3n) is 0.687. The third kappa shape index (κ3) is 31.7. The molecule has 0 atom stereocenters. The molecule has 0 radical (unpaired) electrons. The zero-order valence-corrected chi connectivity index (χ0v) is 13.1. The fraction of sp³-hybridized carbons (Fsp3) is 0.250. The molecule has 0 aromatic carbocycles. The number of thiocarbonyl (C=S) groups is 2. The summed E-state index contributed by atoms with van der Waals surface area (Å²) in [6.07, 6.45) is 3.16. The molecule has 0 aliphatic carbocycles. The number of hydrogen-bond donors (Lipinski definition) is 2. The van der Waals surface area contributed by atoms with Gasteiger partial charge in [-0.1, -0.05) is 25.3 Å². The molecular formula is C8H14N2O2S2Zn. The second-order valence-corrected chi connectivity index (χ2v) is 2.64. The van der Waals surface area contributed by atoms with Crippen LogP contribution in [0, 0.1) is 0 Å². The van der Waals surface area contributed by atoms with Crippen LogP contribution in [0.3, 0.4) is 0 Å². The summed E-state index contributed by atoms with van der Waals surface area (Å²) in [4.78, 5) is 0. The summed E-state index contributed by atoms with van der Waals surface area (Å²) in [7, 11) is 0. The predicted molar refractivity (Wildman–Crippen MR) is 65.9 cm³/mol. The largest absolute Gasteiger partial charge is 0.467 e. The summed E-state index contributed by atoms with van der Waals surface area (Å²) in [5.41, 5.74) is 9.88. The van der Waals surface area contributed by atoms with Gasteiger partial charge in [0.1, 0.15) is 13.2 Å². The normalized spacial score (nSPS) is 6.93. The predicted octanol–water partition coefficient (Wildman–Crippen LogP) is 0.863. The van der Waals surface area contributed by atoms with E-state index in [1.54, 1.807) is 12.2 Å². The van der Waals surface area contributed by atoms with Crippen molar-refractivity contribution < 1.29 is 29.0 Å². The van der Waals surface area contributed by atoms with E-state index < -0.39 is 0 Å². The first-order valence-electron chi connectivity index (χ1n) is 3.60. The van der Waals surface area contributed by atoms with Crippen molar-refractivity contribution >= 4 is 34.8 Å². The summed E-state index contributed by atoms with van der Waals surface area (Å²) in [6, 6.07) is 0. The van der Waals surface area contributed by atoms with Crippen LogP contribution in [-0.2, 0) is 29.0 Å². The topological polar surface area (TPSA) is 70.5 Å². The fourth-order valence-electron chi connectivity index (χ4n) is 0.282. The molecule has 0 aromatic heterocycles. The Bertz CT molecular complexity index is 191. The molecule has 4 N–H and O–H groups in total. The Morgan fingerprint density at radius 1 is 1.00 bits per heavy atom. The molecule has 7 heteroatoms. The van der Waals surface area contributed by atoms with Gasteiger partial charge in [-0.05, 0) is 24.4 Å². The molecule has 0 rings (SSSR count). The molecular weight excluding hydrogens is 286 g/mol. The molecule has 0 bridgehead atoms. The van der Waals surface area contributed by atoms with Gasteiger partial charge in [-0.15, -0.1) is 0 Å². The minimum atomic E-state index is 0. The second-order valence-electron chi connectivity index (χ2n) is 1.84. The molecule has 0 amide bonds. The Kier molecular flexibility index (Phi) is 21.2. The van der Waals surface area contributed by atoms with Crippen molar-refractivity contribution in [3.63, 3.8) is 0 Å². The maximum absolute atomic E-state index is 4.94. The van der Waals surface area contributed by atoms with Crippen LogP contribution < -0.4 is 11.5 Å². The molecule has 0 fully saturated rings. The van der Waals surface area contributed by atoms with Crippen LogP contribution in [0.5, 0.6) is 0 Å². The minimum Gasteiger partial charge on any atom is -0.467 e. The van der Waals surface area contributed by atoms with Crippen LogP contribution >= 0.6 is 24.4 Å². The summed E-state index contributed by atoms with van der Waals surface area (Å²) in [6.45, 7) is 7.58. The van der Waals surface area contributed by atoms with Crippen molar-refractivity contribution in [1.29, 1.82) is 0 Å². The molecule has 0 aliphatic heterocycles. The van der Waals surface area contributed by atoms with E-state index in [0.29, 0.717) is 13.2 Å². The summed E-state index contributed by atoms with van der Waals surface area (Å²) < 4.78 is 9.16. The second kappa shape index (κ2) is 15.9. The third-order valence-corrected chi connectivity index (χ3v) is 0.923. The molecule has 0 spiro atoms. The van der Waals surface area contributed by atoms with Gasteiger partial charge in [-0.25, -0.2) is 0 Å². The van der Waals surface area contributed by atoms with Crippen molar-refractivity contribution in [1.82, 2.24) is 0 Å². The van der Waals surface area contributed by atoms with Gasteiger partial charge in [0.05, 0.1) is 0 Å². The van der Waals surface area contributed by atoms with Crippen LogP contribution in [0.1, 0.15) is 0 Å². The van der Waals surface area contributed by atoms with Crippen LogP contribution in [-0.4, -0.2) is 23.6 Å². The van der Waals surface area contributed by atoms with Gasteiger partial charge >= 0.3 is 0 Å². The smallest absolute Gasteiger partial charge is 0.254 e. The van der Waals surface area contributed by atoms with E-state index in [1.807, 2.05) is 0 Å². The molecule has 82 valence electrons. The summed E-state index contributed by atoms with van der Waals surface area (Å²) >= 11 is 8.74. The van der Waals surface area contributed by atoms with Gasteiger partial charge in [0.15, 0.2) is 0 Å². The van der Waals surface area contributed by atoms with Gasteiger partial charge in [0.2, 0.25) is 0 Å². The zero-order chi connectivity index (χ0) is 11.4. The number of rotatable bonds is 4. The molecule has 0 unspecified atom stereocenters. The van der Waals surface area contributed by atoms with E-state index in [-0.39, 0.29) is 29.8 Å². The Morgan fingerprint density at radius 2 is 1.27 bits per heavy atom. The first kappa shape index (κ1) is 20.0. The Balaban J connectivity index is -0.000000180. The number of ether oxygens (including phenoxy) is 2. The molecule has 0 aromatic rings. The van der Waals surface area contributed by atoms with Crippen LogP contribution in [0.2, 0.25) is 0 Å². The zero-order valence-electron chi connectivity index (χ0n) is 8.48. The quantitative estimate of drug-likeness (QED) is 0.456. The first-order valence-corrected chi connectivity index (χ1v) is 4.42. The van der Waals surface area contributed by atoms with E-state index >= 15 is 0 Å². The van der Waals surface area contributed by atoms with Gasteiger partial charge in [0.25, 0.3) is 10.3 Å². The summed E-state index contributed by atoms with van der Waals surface area (Å²) in [5.74, 6) is 0. The molecule has 0 aliphatic rings. The fourth-order valence-corrected chi connectivity index (χ4v) is 0.418. The van der Waals surface area contributed by atoms with Crippen molar-refractivity contribution in [3.05, 3.63) is 25.3 Å². The van der Waals surface area contributed by atoms with Crippen molar-refractivity contribution in [3.8, 4) is 0 Å². The molecule has 0 heterocycles. The van der Waals surface area contributed by atoms with Gasteiger partial charge in [-0.2, -0.15) is 0 Å². The Hall–Kier alpha value is -0.517. The average Bonchev–Trinajstić information content (AvgIpc) is 2.12. The standard InChI is InChI=1S/2C4H7NOS.Zn/c2*1-2-3-6-4(5)7;/h2*2H,1,3H2,(H2,5,7);. The van der Waals surface area contributed by atoms with Crippen LogP contribution in [0.4, 0.5) is 0 Å². The SMILES string of the molecule is C=CCOC(N)=S.C=CCOC(N)=S.[Zn]. The number of nitrogens with two attached hydrogens (primary N) is 2. The molecule has 0 saturated heterocycles. The molecule has 0 saturated carbocycles. The van der Waals surface area contributed by atoms with E-state index in [9.17, 15) is 0 Å². The maximum Gasteiger partial charge on any atom is 0.254 e. The first-order chi connectivity index (χ1) is 6.54. The van der Waals surface area contributed by atoms with E-state index in [1.165, 1.54) is 0 Å². The van der Waals surface area contributed by atoms with Crippen molar-refractivity contribution in [2.24, 2.45) is 11.5 Å². The molecule has 4 nitrogen and oxygen atoms in total. The van der Waals surface area contributed by atoms with Crippen LogP contribution in [0.15, 0.2) is 25.3 Å². The van der Waals surface area contributed by atoms with Gasteiger partial charge < -0.3 is 20.9 Å². The van der Waals surface area contributed by atoms with E-state index in [4.69, 9.17) is 11.5 Å². The molecule has 15 heavy (non-hydrogen) atoms. The Labute approximate surface area is 113 Å². The Morgan fingerprint density at radius 3 is 1.33 bits per heavy atom. The van der Waals surface area contributed by atoms with Crippen molar-refractivity contribution in [2.45, 2.75) is 0 Å². The van der Waals surface area contributed by atoms with E-state index in [2.05, 4.69) is 47.1 Å². The van der Waals surface area contributed by atoms with Crippen LogP contribution in [0.25, 0.3) is 0 Å². The average molecular weight is 300 g/mol. The van der Waals surface area contributed by atoms with Gasteiger partial charge in [-0.3, -0.25) is 0 Å². The minimum absolute atomic E-state index is 0. The maximum atomic E-state index is 4.94.